The normalized spacial score (nSPS) is 17.4. The molecular weight excluding hydrogens is 612 g/mol. The zero-order valence-electron chi connectivity index (χ0n) is 27.9. The number of carbonyl (C=O) groups excluding carboxylic acids is 2. The van der Waals surface area contributed by atoms with Gasteiger partial charge in [-0.1, -0.05) is 19.9 Å². The Balaban J connectivity index is 1.76. The van der Waals surface area contributed by atoms with Crippen molar-refractivity contribution in [3.63, 3.8) is 0 Å². The van der Waals surface area contributed by atoms with Crippen LogP contribution in [0.25, 0.3) is 11.1 Å². The van der Waals surface area contributed by atoms with Gasteiger partial charge in [0.05, 0.1) is 38.3 Å². The molecule has 2 unspecified atom stereocenters. The fraction of sp³-hybridized carbons (Fsp3) is 0.545. The second-order valence-electron chi connectivity index (χ2n) is 12.3. The van der Waals surface area contributed by atoms with Crippen molar-refractivity contribution < 1.29 is 32.2 Å². The van der Waals surface area contributed by atoms with Crippen LogP contribution < -0.4 is 30.3 Å². The second kappa shape index (κ2) is 14.3. The van der Waals surface area contributed by atoms with Gasteiger partial charge < -0.3 is 29.7 Å². The van der Waals surface area contributed by atoms with Crippen molar-refractivity contribution in [2.24, 2.45) is 5.92 Å². The maximum atomic E-state index is 13.8. The molecule has 1 heterocycles. The number of hydrogen-bond donors (Lipinski definition) is 2. The second-order valence-corrected chi connectivity index (χ2v) is 14.8. The number of benzene rings is 1. The zero-order valence-corrected chi connectivity index (χ0v) is 28.7. The van der Waals surface area contributed by atoms with Crippen LogP contribution in [0.2, 0.25) is 0 Å². The van der Waals surface area contributed by atoms with Crippen LogP contribution in [0.1, 0.15) is 58.2 Å². The molecule has 12 nitrogen and oxygen atoms in total. The van der Waals surface area contributed by atoms with Gasteiger partial charge in [-0.2, -0.15) is 4.31 Å². The number of sulfonamides is 1. The van der Waals surface area contributed by atoms with E-state index in [9.17, 15) is 22.8 Å². The average molecular weight is 659 g/mol. The highest BCUT2D eigenvalue weighted by atomic mass is 32.2. The molecule has 2 amide bonds. The van der Waals surface area contributed by atoms with E-state index in [1.165, 1.54) is 24.4 Å². The SMILES string of the molecule is COc1cc2c(c(OC)c1OC)-c1ccc(NC(C(=O)N3CCN(S(=O)(=O)C(C)C)CC3)C(C)C)c(=O)cc1C(NC(C)=O)CC2. The maximum absolute atomic E-state index is 13.8. The lowest BCUT2D eigenvalue weighted by Gasteiger charge is -2.37. The standard InChI is InChI=1S/C33H46N4O8S/c1-19(2)30(33(40)36-13-15-37(16-14-36)46(41,42)20(3)4)35-26-12-10-23-24(18-27(26)39)25(34-21(5)38)11-9-22-17-28(43-6)31(44-7)32(45-8)29(22)23/h10,12,17-20,25,30H,9,11,13-16H2,1-8H3,(H,34,38)(H,35,39). The van der Waals surface area contributed by atoms with E-state index in [1.807, 2.05) is 26.0 Å². The average Bonchev–Trinajstić information content (AvgIpc) is 3.26. The number of hydrogen-bond acceptors (Lipinski definition) is 9. The molecule has 2 aromatic carbocycles. The van der Waals surface area contributed by atoms with Gasteiger partial charge in [0.1, 0.15) is 6.04 Å². The number of anilines is 1. The molecule has 0 saturated carbocycles. The summed E-state index contributed by atoms with van der Waals surface area (Å²) in [4.78, 5) is 41.6. The fourth-order valence-electron chi connectivity index (χ4n) is 6.17. The molecule has 1 aliphatic carbocycles. The number of fused-ring (bicyclic) bond motifs is 3. The van der Waals surface area contributed by atoms with Gasteiger partial charge in [0, 0.05) is 38.7 Å². The lowest BCUT2D eigenvalue weighted by Crippen LogP contribution is -2.55. The molecule has 2 atom stereocenters. The third-order valence-corrected chi connectivity index (χ3v) is 10.9. The Morgan fingerprint density at radius 3 is 2.13 bits per heavy atom. The number of rotatable bonds is 10. The molecule has 0 aromatic heterocycles. The van der Waals surface area contributed by atoms with Gasteiger partial charge in [-0.15, -0.1) is 0 Å². The summed E-state index contributed by atoms with van der Waals surface area (Å²) in [6.07, 6.45) is 1.10. The van der Waals surface area contributed by atoms with Crippen LogP contribution in [-0.2, 0) is 26.0 Å². The Bertz CT molecular complexity index is 1640. The third kappa shape index (κ3) is 6.95. The monoisotopic (exact) mass is 658 g/mol. The van der Waals surface area contributed by atoms with Crippen LogP contribution in [0, 0.1) is 5.92 Å². The Morgan fingerprint density at radius 1 is 0.935 bits per heavy atom. The molecule has 0 bridgehead atoms. The molecule has 0 spiro atoms. The van der Waals surface area contributed by atoms with Gasteiger partial charge >= 0.3 is 0 Å². The summed E-state index contributed by atoms with van der Waals surface area (Å²) in [6.45, 7) is 9.48. The summed E-state index contributed by atoms with van der Waals surface area (Å²) in [6, 6.07) is 5.68. The van der Waals surface area contributed by atoms with E-state index >= 15 is 0 Å². The highest BCUT2D eigenvalue weighted by Gasteiger charge is 2.35. The van der Waals surface area contributed by atoms with Gasteiger partial charge in [-0.3, -0.25) is 14.4 Å². The largest absolute Gasteiger partial charge is 0.493 e. The number of nitrogens with one attached hydrogen (secondary N) is 2. The first-order valence-electron chi connectivity index (χ1n) is 15.6. The van der Waals surface area contributed by atoms with Crippen molar-refractivity contribution >= 4 is 27.5 Å². The van der Waals surface area contributed by atoms with E-state index in [0.29, 0.717) is 41.2 Å². The Morgan fingerprint density at radius 2 is 1.59 bits per heavy atom. The predicted octanol–water partition coefficient (Wildman–Crippen LogP) is 3.18. The van der Waals surface area contributed by atoms with Crippen molar-refractivity contribution in [3.05, 3.63) is 45.6 Å². The molecular formula is C33H46N4O8S. The van der Waals surface area contributed by atoms with Crippen LogP contribution in [0.15, 0.2) is 29.1 Å². The van der Waals surface area contributed by atoms with Crippen molar-refractivity contribution in [2.75, 3.05) is 52.8 Å². The third-order valence-electron chi connectivity index (χ3n) is 8.67. The number of amides is 2. The molecule has 13 heteroatoms. The van der Waals surface area contributed by atoms with E-state index in [0.717, 1.165) is 11.1 Å². The first-order valence-corrected chi connectivity index (χ1v) is 17.1. The summed E-state index contributed by atoms with van der Waals surface area (Å²) in [7, 11) is 1.20. The molecule has 2 N–H and O–H groups in total. The van der Waals surface area contributed by atoms with E-state index < -0.39 is 27.4 Å². The number of carbonyl (C=O) groups is 2. The van der Waals surface area contributed by atoms with E-state index in [-0.39, 0.29) is 55.0 Å². The predicted molar refractivity (Wildman–Crippen MR) is 177 cm³/mol. The van der Waals surface area contributed by atoms with Crippen LogP contribution in [0.4, 0.5) is 5.69 Å². The molecule has 2 aliphatic rings. The number of methoxy groups -OCH3 is 3. The highest BCUT2D eigenvalue weighted by Crippen LogP contribution is 2.50. The van der Waals surface area contributed by atoms with Crippen molar-refractivity contribution in [3.8, 4) is 28.4 Å². The van der Waals surface area contributed by atoms with Crippen molar-refractivity contribution in [1.82, 2.24) is 14.5 Å². The summed E-state index contributed by atoms with van der Waals surface area (Å²) in [5, 5.41) is 5.67. The first kappa shape index (κ1) is 35.0. The van der Waals surface area contributed by atoms with Crippen LogP contribution in [0.3, 0.4) is 0 Å². The number of ether oxygens (including phenoxy) is 3. The lowest BCUT2D eigenvalue weighted by molar-refractivity contribution is -0.134. The molecule has 252 valence electrons. The van der Waals surface area contributed by atoms with E-state index in [2.05, 4.69) is 10.6 Å². The quantitative estimate of drug-likeness (QED) is 0.394. The Kier molecular flexibility index (Phi) is 10.9. The lowest BCUT2D eigenvalue weighted by atomic mass is 9.95. The van der Waals surface area contributed by atoms with E-state index in [1.54, 1.807) is 39.0 Å². The maximum Gasteiger partial charge on any atom is 0.245 e. The summed E-state index contributed by atoms with van der Waals surface area (Å²) >= 11 is 0. The Hall–Kier alpha value is -3.84. The van der Waals surface area contributed by atoms with Gasteiger partial charge in [-0.25, -0.2) is 8.42 Å². The first-order chi connectivity index (χ1) is 21.7. The smallest absolute Gasteiger partial charge is 0.245 e. The highest BCUT2D eigenvalue weighted by molar-refractivity contribution is 7.89. The number of piperazine rings is 1. The van der Waals surface area contributed by atoms with Gasteiger partial charge in [0.15, 0.2) is 11.5 Å². The molecule has 1 aliphatic heterocycles. The van der Waals surface area contributed by atoms with Crippen molar-refractivity contribution in [2.45, 2.75) is 64.8 Å². The molecule has 46 heavy (non-hydrogen) atoms. The molecule has 1 saturated heterocycles. The van der Waals surface area contributed by atoms with Gasteiger partial charge in [0.25, 0.3) is 0 Å². The van der Waals surface area contributed by atoms with Crippen LogP contribution in [0.5, 0.6) is 17.2 Å². The van der Waals surface area contributed by atoms with Crippen LogP contribution >= 0.6 is 0 Å². The van der Waals surface area contributed by atoms with Crippen molar-refractivity contribution in [1.29, 1.82) is 0 Å². The fourth-order valence-corrected chi connectivity index (χ4v) is 7.43. The molecule has 4 rings (SSSR count). The molecule has 2 aromatic rings. The number of aryl methyl sites for hydroxylation is 1. The number of nitrogens with zero attached hydrogens (tertiary/aromatic N) is 2. The zero-order chi connectivity index (χ0) is 33.9. The molecule has 0 radical (unpaired) electrons. The summed E-state index contributed by atoms with van der Waals surface area (Å²) in [5.41, 5.74) is 2.83. The molecule has 1 fully saturated rings. The summed E-state index contributed by atoms with van der Waals surface area (Å²) < 4.78 is 43.8. The van der Waals surface area contributed by atoms with Crippen LogP contribution in [-0.4, -0.2) is 88.2 Å². The van der Waals surface area contributed by atoms with E-state index in [4.69, 9.17) is 14.2 Å². The minimum Gasteiger partial charge on any atom is -0.493 e. The minimum absolute atomic E-state index is 0.183. The Labute approximate surface area is 271 Å². The van der Waals surface area contributed by atoms with Gasteiger partial charge in [-0.05, 0) is 67.5 Å². The summed E-state index contributed by atoms with van der Waals surface area (Å²) in [5.74, 6) is 0.746. The van der Waals surface area contributed by atoms with Gasteiger partial charge in [0.2, 0.25) is 33.0 Å². The topological polar surface area (TPSA) is 144 Å². The minimum atomic E-state index is -3.42.